The molecular formula is C12H16N2O2. The average Bonchev–Trinajstić information content (AvgIpc) is 2.94. The molecule has 1 aliphatic rings. The largest absolute Gasteiger partial charge is 0.476 e. The molecule has 0 spiro atoms. The van der Waals surface area contributed by atoms with Gasteiger partial charge in [-0.25, -0.2) is 9.78 Å². The zero-order valence-corrected chi connectivity index (χ0v) is 9.55. The molecule has 2 rings (SSSR count). The van der Waals surface area contributed by atoms with Crippen LogP contribution in [0.2, 0.25) is 0 Å². The quantitative estimate of drug-likeness (QED) is 0.841. The van der Waals surface area contributed by atoms with E-state index in [1.165, 1.54) is 12.6 Å². The summed E-state index contributed by atoms with van der Waals surface area (Å²) in [5.41, 5.74) is 0.840. The zero-order chi connectivity index (χ0) is 11.7. The molecule has 0 saturated heterocycles. The van der Waals surface area contributed by atoms with E-state index in [-0.39, 0.29) is 5.69 Å². The van der Waals surface area contributed by atoms with Crippen LogP contribution in [0.4, 0.5) is 5.69 Å². The molecule has 1 aliphatic carbocycles. The lowest BCUT2D eigenvalue weighted by Crippen LogP contribution is -2.23. The number of aromatic carboxylic acids is 1. The number of carbonyl (C=O) groups is 1. The van der Waals surface area contributed by atoms with Gasteiger partial charge in [-0.3, -0.25) is 0 Å². The molecule has 1 aromatic rings. The van der Waals surface area contributed by atoms with Gasteiger partial charge in [-0.05, 0) is 30.4 Å². The molecule has 0 amide bonds. The second-order valence-electron chi connectivity index (χ2n) is 4.53. The number of nitrogens with zero attached hydrogens (tertiary/aromatic N) is 2. The molecule has 4 nitrogen and oxygen atoms in total. The Morgan fingerprint density at radius 1 is 1.69 bits per heavy atom. The van der Waals surface area contributed by atoms with Gasteiger partial charge in [0.25, 0.3) is 0 Å². The first kappa shape index (κ1) is 10.9. The van der Waals surface area contributed by atoms with E-state index in [1.54, 1.807) is 6.07 Å². The third-order valence-corrected chi connectivity index (χ3v) is 3.18. The third-order valence-electron chi connectivity index (χ3n) is 3.18. The number of aromatic nitrogens is 1. The minimum Gasteiger partial charge on any atom is -0.476 e. The maximum atomic E-state index is 11.0. The number of pyridine rings is 1. The fraction of sp³-hybridized carbons (Fsp3) is 0.500. The standard InChI is InChI=1S/C12H16N2O2/c1-8-6-9(8)7-14(2)10-4-3-5-13-11(10)12(15)16/h3-5,8-9H,6-7H2,1-2H3,(H,15,16). The van der Waals surface area contributed by atoms with E-state index in [4.69, 9.17) is 5.11 Å². The SMILES string of the molecule is CC1CC1CN(C)c1cccnc1C(=O)O. The molecule has 1 heterocycles. The van der Waals surface area contributed by atoms with Gasteiger partial charge in [0, 0.05) is 19.8 Å². The van der Waals surface area contributed by atoms with Gasteiger partial charge in [0.2, 0.25) is 0 Å². The van der Waals surface area contributed by atoms with Crippen LogP contribution in [0.1, 0.15) is 23.8 Å². The monoisotopic (exact) mass is 220 g/mol. The first-order valence-corrected chi connectivity index (χ1v) is 5.49. The number of rotatable bonds is 4. The summed E-state index contributed by atoms with van der Waals surface area (Å²) in [6, 6.07) is 3.58. The molecule has 1 N–H and O–H groups in total. The number of carboxylic acids is 1. The van der Waals surface area contributed by atoms with Crippen molar-refractivity contribution in [3.8, 4) is 0 Å². The summed E-state index contributed by atoms with van der Waals surface area (Å²) in [6.45, 7) is 3.13. The van der Waals surface area contributed by atoms with Crippen LogP contribution in [0.15, 0.2) is 18.3 Å². The number of hydrogen-bond acceptors (Lipinski definition) is 3. The summed E-state index contributed by atoms with van der Waals surface area (Å²) in [4.78, 5) is 16.9. The second-order valence-corrected chi connectivity index (χ2v) is 4.53. The predicted octanol–water partition coefficient (Wildman–Crippen LogP) is 1.87. The van der Waals surface area contributed by atoms with Crippen molar-refractivity contribution in [1.29, 1.82) is 0 Å². The molecule has 0 aromatic carbocycles. The van der Waals surface area contributed by atoms with Crippen molar-refractivity contribution < 1.29 is 9.90 Å². The Balaban J connectivity index is 2.15. The van der Waals surface area contributed by atoms with E-state index in [2.05, 4.69) is 11.9 Å². The molecule has 4 heteroatoms. The average molecular weight is 220 g/mol. The molecule has 0 radical (unpaired) electrons. The normalized spacial score (nSPS) is 22.9. The molecule has 16 heavy (non-hydrogen) atoms. The Kier molecular flexibility index (Phi) is 2.81. The minimum absolute atomic E-state index is 0.137. The van der Waals surface area contributed by atoms with E-state index in [1.807, 2.05) is 18.0 Å². The molecule has 2 unspecified atom stereocenters. The van der Waals surface area contributed by atoms with Gasteiger partial charge in [-0.15, -0.1) is 0 Å². The fourth-order valence-corrected chi connectivity index (χ4v) is 1.97. The van der Waals surface area contributed by atoms with Gasteiger partial charge < -0.3 is 10.0 Å². The van der Waals surface area contributed by atoms with Crippen LogP contribution >= 0.6 is 0 Å². The molecule has 1 saturated carbocycles. The van der Waals surface area contributed by atoms with Crippen molar-refractivity contribution in [2.75, 3.05) is 18.5 Å². The van der Waals surface area contributed by atoms with Crippen molar-refractivity contribution in [2.45, 2.75) is 13.3 Å². The van der Waals surface area contributed by atoms with Crippen LogP contribution in [0.25, 0.3) is 0 Å². The van der Waals surface area contributed by atoms with Crippen LogP contribution in [0.3, 0.4) is 0 Å². The van der Waals surface area contributed by atoms with Crippen LogP contribution in [-0.4, -0.2) is 29.7 Å². The number of hydrogen-bond donors (Lipinski definition) is 1. The highest BCUT2D eigenvalue weighted by molar-refractivity contribution is 5.92. The van der Waals surface area contributed by atoms with Crippen molar-refractivity contribution in [2.24, 2.45) is 11.8 Å². The molecule has 86 valence electrons. The number of anilines is 1. The van der Waals surface area contributed by atoms with Crippen LogP contribution in [0, 0.1) is 11.8 Å². The summed E-state index contributed by atoms with van der Waals surface area (Å²) < 4.78 is 0. The van der Waals surface area contributed by atoms with Gasteiger partial charge in [0.1, 0.15) is 0 Å². The summed E-state index contributed by atoms with van der Waals surface area (Å²) in [5.74, 6) is 0.505. The summed E-state index contributed by atoms with van der Waals surface area (Å²) in [5, 5.41) is 9.03. The lowest BCUT2D eigenvalue weighted by molar-refractivity contribution is 0.0691. The van der Waals surface area contributed by atoms with Gasteiger partial charge in [-0.1, -0.05) is 6.92 Å². The molecular weight excluding hydrogens is 204 g/mol. The second kappa shape index (κ2) is 4.12. The summed E-state index contributed by atoms with van der Waals surface area (Å²) in [7, 11) is 1.93. The van der Waals surface area contributed by atoms with Crippen molar-refractivity contribution >= 4 is 11.7 Å². The van der Waals surface area contributed by atoms with Gasteiger partial charge in [0.15, 0.2) is 5.69 Å². The maximum absolute atomic E-state index is 11.0. The van der Waals surface area contributed by atoms with Crippen LogP contribution in [-0.2, 0) is 0 Å². The van der Waals surface area contributed by atoms with Crippen molar-refractivity contribution in [3.05, 3.63) is 24.0 Å². The Morgan fingerprint density at radius 3 is 2.94 bits per heavy atom. The predicted molar refractivity (Wildman–Crippen MR) is 61.7 cm³/mol. The minimum atomic E-state index is -0.966. The third kappa shape index (κ3) is 2.15. The maximum Gasteiger partial charge on any atom is 0.356 e. The summed E-state index contributed by atoms with van der Waals surface area (Å²) in [6.07, 6.45) is 2.76. The first-order valence-electron chi connectivity index (χ1n) is 5.49. The fourth-order valence-electron chi connectivity index (χ4n) is 1.97. The summed E-state index contributed by atoms with van der Waals surface area (Å²) >= 11 is 0. The Labute approximate surface area is 94.9 Å². The van der Waals surface area contributed by atoms with E-state index in [0.717, 1.165) is 12.5 Å². The smallest absolute Gasteiger partial charge is 0.356 e. The van der Waals surface area contributed by atoms with Crippen molar-refractivity contribution in [3.63, 3.8) is 0 Å². The highest BCUT2D eigenvalue weighted by Gasteiger charge is 2.33. The van der Waals surface area contributed by atoms with Crippen LogP contribution in [0.5, 0.6) is 0 Å². The molecule has 0 bridgehead atoms. The highest BCUT2D eigenvalue weighted by atomic mass is 16.4. The Morgan fingerprint density at radius 2 is 2.38 bits per heavy atom. The van der Waals surface area contributed by atoms with E-state index < -0.39 is 5.97 Å². The Hall–Kier alpha value is -1.58. The Bertz CT molecular complexity index is 406. The molecule has 1 fully saturated rings. The zero-order valence-electron chi connectivity index (χ0n) is 9.55. The lowest BCUT2D eigenvalue weighted by atomic mass is 10.2. The molecule has 0 aliphatic heterocycles. The van der Waals surface area contributed by atoms with Crippen molar-refractivity contribution in [1.82, 2.24) is 4.98 Å². The van der Waals surface area contributed by atoms with Crippen LogP contribution < -0.4 is 4.90 Å². The number of carboxylic acid groups (broad SMARTS) is 1. The highest BCUT2D eigenvalue weighted by Crippen LogP contribution is 2.38. The van der Waals surface area contributed by atoms with E-state index >= 15 is 0 Å². The molecule has 2 atom stereocenters. The topological polar surface area (TPSA) is 53.4 Å². The molecule has 1 aromatic heterocycles. The first-order chi connectivity index (χ1) is 7.59. The van der Waals surface area contributed by atoms with E-state index in [0.29, 0.717) is 11.6 Å². The van der Waals surface area contributed by atoms with E-state index in [9.17, 15) is 4.79 Å². The van der Waals surface area contributed by atoms with Gasteiger partial charge in [-0.2, -0.15) is 0 Å². The van der Waals surface area contributed by atoms with Gasteiger partial charge >= 0.3 is 5.97 Å². The lowest BCUT2D eigenvalue weighted by Gasteiger charge is -2.20. The van der Waals surface area contributed by atoms with Gasteiger partial charge in [0.05, 0.1) is 5.69 Å².